The minimum absolute atomic E-state index is 0.0570. The average molecular weight is 285 g/mol. The monoisotopic (exact) mass is 285 g/mol. The van der Waals surface area contributed by atoms with Crippen molar-refractivity contribution in [3.63, 3.8) is 0 Å². The number of likely N-dealkylation sites (N-methyl/N-ethyl adjacent to an activating group) is 1. The number of hydrogen-bond donors (Lipinski definition) is 1. The van der Waals surface area contributed by atoms with Crippen molar-refractivity contribution in [3.8, 4) is 0 Å². The lowest BCUT2D eigenvalue weighted by atomic mass is 10.1. The molecule has 1 fully saturated rings. The molecule has 1 atom stereocenters. The number of carboxylic acid groups (broad SMARTS) is 1. The van der Waals surface area contributed by atoms with Gasteiger partial charge in [0, 0.05) is 39.1 Å². The second-order valence-corrected chi connectivity index (χ2v) is 5.77. The molecule has 1 aliphatic rings. The molecule has 0 aliphatic carbocycles. The standard InChI is InChI=1S/C14H27N3O3/c1-4-6-16(9-8-15(2)3)14(20)17-7-5-12(11-17)10-13(18)19/h12H,4-11H2,1-3H3,(H,18,19). The van der Waals surface area contributed by atoms with Crippen molar-refractivity contribution < 1.29 is 14.7 Å². The van der Waals surface area contributed by atoms with Gasteiger partial charge >= 0.3 is 12.0 Å². The van der Waals surface area contributed by atoms with Crippen molar-refractivity contribution in [3.05, 3.63) is 0 Å². The summed E-state index contributed by atoms with van der Waals surface area (Å²) < 4.78 is 0. The number of carboxylic acids is 1. The van der Waals surface area contributed by atoms with Crippen LogP contribution < -0.4 is 0 Å². The highest BCUT2D eigenvalue weighted by atomic mass is 16.4. The second-order valence-electron chi connectivity index (χ2n) is 5.77. The molecule has 0 aromatic rings. The van der Waals surface area contributed by atoms with Gasteiger partial charge in [0.25, 0.3) is 0 Å². The van der Waals surface area contributed by atoms with E-state index in [-0.39, 0.29) is 18.4 Å². The van der Waals surface area contributed by atoms with Crippen molar-refractivity contribution >= 4 is 12.0 Å². The van der Waals surface area contributed by atoms with Gasteiger partial charge in [-0.05, 0) is 32.9 Å². The maximum absolute atomic E-state index is 12.5. The highest BCUT2D eigenvalue weighted by Crippen LogP contribution is 2.20. The fourth-order valence-corrected chi connectivity index (χ4v) is 2.51. The van der Waals surface area contributed by atoms with Crippen LogP contribution in [0, 0.1) is 5.92 Å². The molecule has 6 nitrogen and oxygen atoms in total. The molecule has 1 N–H and O–H groups in total. The molecule has 1 rings (SSSR count). The number of hydrogen-bond acceptors (Lipinski definition) is 3. The maximum atomic E-state index is 12.5. The molecule has 0 saturated carbocycles. The van der Waals surface area contributed by atoms with Crippen molar-refractivity contribution in [2.45, 2.75) is 26.2 Å². The molecule has 1 saturated heterocycles. The van der Waals surface area contributed by atoms with Gasteiger partial charge < -0.3 is 19.8 Å². The van der Waals surface area contributed by atoms with E-state index in [9.17, 15) is 9.59 Å². The SMILES string of the molecule is CCCN(CCN(C)C)C(=O)N1CCC(CC(=O)O)C1. The normalized spacial score (nSPS) is 18.6. The van der Waals surface area contributed by atoms with Gasteiger partial charge in [-0.3, -0.25) is 4.79 Å². The van der Waals surface area contributed by atoms with Gasteiger partial charge in [-0.15, -0.1) is 0 Å². The molecule has 1 heterocycles. The van der Waals surface area contributed by atoms with Crippen LogP contribution in [0.15, 0.2) is 0 Å². The first kappa shape index (κ1) is 16.8. The Hall–Kier alpha value is -1.30. The Kier molecular flexibility index (Phi) is 6.78. The topological polar surface area (TPSA) is 64.1 Å². The number of amides is 2. The quantitative estimate of drug-likeness (QED) is 0.763. The Balaban J connectivity index is 2.50. The molecule has 0 aromatic carbocycles. The molecule has 6 heteroatoms. The molecule has 2 amide bonds. The number of rotatable bonds is 7. The van der Waals surface area contributed by atoms with E-state index in [1.54, 1.807) is 4.90 Å². The van der Waals surface area contributed by atoms with Crippen LogP contribution in [0.4, 0.5) is 4.79 Å². The first-order valence-corrected chi connectivity index (χ1v) is 7.34. The van der Waals surface area contributed by atoms with E-state index in [1.807, 2.05) is 19.0 Å². The largest absolute Gasteiger partial charge is 0.481 e. The molecule has 20 heavy (non-hydrogen) atoms. The molecule has 0 radical (unpaired) electrons. The predicted molar refractivity (Wildman–Crippen MR) is 77.7 cm³/mol. The smallest absolute Gasteiger partial charge is 0.320 e. The van der Waals surface area contributed by atoms with E-state index in [1.165, 1.54) is 0 Å². The molecule has 1 unspecified atom stereocenters. The molecule has 0 bridgehead atoms. The predicted octanol–water partition coefficient (Wildman–Crippen LogP) is 1.18. The molecule has 1 aliphatic heterocycles. The summed E-state index contributed by atoms with van der Waals surface area (Å²) in [6.07, 6.45) is 1.90. The second kappa shape index (κ2) is 8.09. The van der Waals surface area contributed by atoms with E-state index < -0.39 is 5.97 Å². The van der Waals surface area contributed by atoms with Gasteiger partial charge in [-0.1, -0.05) is 6.92 Å². The van der Waals surface area contributed by atoms with Crippen LogP contribution in [0.2, 0.25) is 0 Å². The number of likely N-dealkylation sites (tertiary alicyclic amines) is 1. The van der Waals surface area contributed by atoms with Gasteiger partial charge in [0.2, 0.25) is 0 Å². The third kappa shape index (κ3) is 5.36. The highest BCUT2D eigenvalue weighted by Gasteiger charge is 2.30. The zero-order chi connectivity index (χ0) is 15.1. The van der Waals surface area contributed by atoms with Gasteiger partial charge in [0.15, 0.2) is 0 Å². The third-order valence-corrected chi connectivity index (χ3v) is 3.60. The van der Waals surface area contributed by atoms with Gasteiger partial charge in [-0.25, -0.2) is 4.79 Å². The minimum atomic E-state index is -0.776. The summed E-state index contributed by atoms with van der Waals surface area (Å²) >= 11 is 0. The number of carbonyl (C=O) groups excluding carboxylic acids is 1. The van der Waals surface area contributed by atoms with E-state index in [0.29, 0.717) is 13.1 Å². The fraction of sp³-hybridized carbons (Fsp3) is 0.857. The lowest BCUT2D eigenvalue weighted by Crippen LogP contribution is -2.45. The summed E-state index contributed by atoms with van der Waals surface area (Å²) in [5.41, 5.74) is 0. The number of urea groups is 1. The van der Waals surface area contributed by atoms with Crippen molar-refractivity contribution in [2.75, 3.05) is 46.8 Å². The van der Waals surface area contributed by atoms with E-state index in [2.05, 4.69) is 11.8 Å². The summed E-state index contributed by atoms with van der Waals surface area (Å²) in [5, 5.41) is 8.82. The van der Waals surface area contributed by atoms with Crippen molar-refractivity contribution in [1.82, 2.24) is 14.7 Å². The zero-order valence-electron chi connectivity index (χ0n) is 12.8. The Morgan fingerprint density at radius 1 is 1.25 bits per heavy atom. The Morgan fingerprint density at radius 3 is 2.50 bits per heavy atom. The number of nitrogens with zero attached hydrogens (tertiary/aromatic N) is 3. The van der Waals surface area contributed by atoms with Crippen LogP contribution in [0.25, 0.3) is 0 Å². The molecule has 116 valence electrons. The molecular formula is C14H27N3O3. The first-order valence-electron chi connectivity index (χ1n) is 7.34. The Morgan fingerprint density at radius 2 is 1.95 bits per heavy atom. The van der Waals surface area contributed by atoms with Crippen LogP contribution >= 0.6 is 0 Å². The van der Waals surface area contributed by atoms with Gasteiger partial charge in [-0.2, -0.15) is 0 Å². The molecule has 0 aromatic heterocycles. The number of carbonyl (C=O) groups is 2. The average Bonchev–Trinajstić information content (AvgIpc) is 2.81. The lowest BCUT2D eigenvalue weighted by Gasteiger charge is -2.29. The van der Waals surface area contributed by atoms with E-state index >= 15 is 0 Å². The summed E-state index contributed by atoms with van der Waals surface area (Å²) in [6, 6.07) is 0.0570. The maximum Gasteiger partial charge on any atom is 0.320 e. The third-order valence-electron chi connectivity index (χ3n) is 3.60. The Bertz CT molecular complexity index is 334. The molecule has 0 spiro atoms. The first-order chi connectivity index (χ1) is 9.43. The van der Waals surface area contributed by atoms with Crippen molar-refractivity contribution in [1.29, 1.82) is 0 Å². The summed E-state index contributed by atoms with van der Waals surface area (Å²) in [4.78, 5) is 28.9. The Labute approximate surface area is 121 Å². The fourth-order valence-electron chi connectivity index (χ4n) is 2.51. The van der Waals surface area contributed by atoms with Crippen LogP contribution in [0.3, 0.4) is 0 Å². The zero-order valence-corrected chi connectivity index (χ0v) is 12.8. The van der Waals surface area contributed by atoms with E-state index in [4.69, 9.17) is 5.11 Å². The summed E-state index contributed by atoms with van der Waals surface area (Å²) in [7, 11) is 3.99. The van der Waals surface area contributed by atoms with Crippen LogP contribution in [0.1, 0.15) is 26.2 Å². The molecular weight excluding hydrogens is 258 g/mol. The lowest BCUT2D eigenvalue weighted by molar-refractivity contribution is -0.138. The number of aliphatic carboxylic acids is 1. The van der Waals surface area contributed by atoms with Crippen LogP contribution in [-0.2, 0) is 4.79 Å². The summed E-state index contributed by atoms with van der Waals surface area (Å²) in [5.74, 6) is -0.670. The van der Waals surface area contributed by atoms with E-state index in [0.717, 1.165) is 32.5 Å². The van der Waals surface area contributed by atoms with Crippen LogP contribution in [0.5, 0.6) is 0 Å². The van der Waals surface area contributed by atoms with Crippen molar-refractivity contribution in [2.24, 2.45) is 5.92 Å². The van der Waals surface area contributed by atoms with Gasteiger partial charge in [0.1, 0.15) is 0 Å². The van der Waals surface area contributed by atoms with Crippen LogP contribution in [-0.4, -0.2) is 78.6 Å². The van der Waals surface area contributed by atoms with Gasteiger partial charge in [0.05, 0.1) is 0 Å². The minimum Gasteiger partial charge on any atom is -0.481 e. The summed E-state index contributed by atoms with van der Waals surface area (Å²) in [6.45, 7) is 5.64. The highest BCUT2D eigenvalue weighted by molar-refractivity contribution is 5.75.